The number of benzene rings is 1. The minimum Gasteiger partial charge on any atom is -0.491 e. The lowest BCUT2D eigenvalue weighted by atomic mass is 10.1. The Labute approximate surface area is 104 Å². The highest BCUT2D eigenvalue weighted by Gasteiger charge is 2.31. The Hall–Kier alpha value is -1.02. The summed E-state index contributed by atoms with van der Waals surface area (Å²) in [6.07, 6.45) is 3.47. The Morgan fingerprint density at radius 1 is 1.35 bits per heavy atom. The minimum atomic E-state index is 0.0261. The molecule has 0 amide bonds. The number of rotatable bonds is 4. The molecule has 1 aliphatic heterocycles. The quantitative estimate of drug-likeness (QED) is 0.792. The number of hydrogen-bond donors (Lipinski definition) is 0. The van der Waals surface area contributed by atoms with Gasteiger partial charge < -0.3 is 9.47 Å². The summed E-state index contributed by atoms with van der Waals surface area (Å²) < 4.78 is 11.8. The predicted molar refractivity (Wildman–Crippen MR) is 69.5 cm³/mol. The van der Waals surface area contributed by atoms with Gasteiger partial charge in [0.1, 0.15) is 12.4 Å². The van der Waals surface area contributed by atoms with Crippen molar-refractivity contribution < 1.29 is 9.47 Å². The van der Waals surface area contributed by atoms with Crippen molar-refractivity contribution in [2.24, 2.45) is 0 Å². The molecule has 2 heteroatoms. The topological polar surface area (TPSA) is 18.5 Å². The van der Waals surface area contributed by atoms with Crippen molar-refractivity contribution in [3.05, 3.63) is 29.8 Å². The van der Waals surface area contributed by atoms with Gasteiger partial charge in [-0.25, -0.2) is 0 Å². The van der Waals surface area contributed by atoms with Crippen LogP contribution in [0.15, 0.2) is 24.3 Å². The molecule has 1 aliphatic rings. The van der Waals surface area contributed by atoms with Gasteiger partial charge >= 0.3 is 0 Å². The summed E-state index contributed by atoms with van der Waals surface area (Å²) in [6.45, 7) is 7.11. The van der Waals surface area contributed by atoms with Crippen molar-refractivity contribution in [2.45, 2.75) is 51.7 Å². The van der Waals surface area contributed by atoms with Gasteiger partial charge in [0.25, 0.3) is 0 Å². The molecule has 0 bridgehead atoms. The van der Waals surface area contributed by atoms with Crippen molar-refractivity contribution in [1.29, 1.82) is 0 Å². The molecule has 0 N–H and O–H groups in total. The van der Waals surface area contributed by atoms with Crippen LogP contribution in [0, 0.1) is 0 Å². The maximum Gasteiger partial charge on any atom is 0.122 e. The summed E-state index contributed by atoms with van der Waals surface area (Å²) in [6, 6.07) is 8.24. The molecule has 2 rings (SSSR count). The van der Waals surface area contributed by atoms with Gasteiger partial charge in [0, 0.05) is 0 Å². The summed E-state index contributed by atoms with van der Waals surface area (Å²) in [5, 5.41) is 0. The summed E-state index contributed by atoms with van der Waals surface area (Å²) >= 11 is 0. The maximum atomic E-state index is 5.92. The molecule has 0 spiro atoms. The Morgan fingerprint density at radius 3 is 2.76 bits per heavy atom. The van der Waals surface area contributed by atoms with Gasteiger partial charge in [-0.2, -0.15) is 0 Å². The van der Waals surface area contributed by atoms with E-state index in [-0.39, 0.29) is 11.7 Å². The fourth-order valence-electron chi connectivity index (χ4n) is 2.31. The monoisotopic (exact) mass is 234 g/mol. The van der Waals surface area contributed by atoms with E-state index in [1.54, 1.807) is 0 Å². The molecule has 0 aliphatic carbocycles. The summed E-state index contributed by atoms with van der Waals surface area (Å²) in [5.74, 6) is 1.00. The second kappa shape index (κ2) is 5.09. The molecule has 1 heterocycles. The fraction of sp³-hybridized carbons (Fsp3) is 0.600. The zero-order chi connectivity index (χ0) is 12.3. The maximum absolute atomic E-state index is 5.92. The van der Waals surface area contributed by atoms with Crippen molar-refractivity contribution in [3.8, 4) is 5.75 Å². The first-order chi connectivity index (χ1) is 8.11. The van der Waals surface area contributed by atoms with Crippen LogP contribution in [0.25, 0.3) is 0 Å². The lowest BCUT2D eigenvalue weighted by Crippen LogP contribution is -2.24. The molecular weight excluding hydrogens is 212 g/mol. The van der Waals surface area contributed by atoms with E-state index in [4.69, 9.17) is 9.47 Å². The van der Waals surface area contributed by atoms with Gasteiger partial charge in [-0.3, -0.25) is 0 Å². The molecule has 1 fully saturated rings. The van der Waals surface area contributed by atoms with E-state index in [1.807, 2.05) is 12.1 Å². The van der Waals surface area contributed by atoms with E-state index in [2.05, 4.69) is 32.9 Å². The average molecular weight is 234 g/mol. The SMILES string of the molecule is CCc1ccccc1OCC1CCC(C)(C)O1. The largest absolute Gasteiger partial charge is 0.491 e. The Morgan fingerprint density at radius 2 is 2.12 bits per heavy atom. The standard InChI is InChI=1S/C15H22O2/c1-4-12-7-5-6-8-14(12)16-11-13-9-10-15(2,3)17-13/h5-8,13H,4,9-11H2,1-3H3. The van der Waals surface area contributed by atoms with Crippen LogP contribution in [0.4, 0.5) is 0 Å². The summed E-state index contributed by atoms with van der Waals surface area (Å²) in [7, 11) is 0. The highest BCUT2D eigenvalue weighted by Crippen LogP contribution is 2.30. The van der Waals surface area contributed by atoms with Crippen LogP contribution in [0.1, 0.15) is 39.2 Å². The number of para-hydroxylation sites is 1. The molecule has 2 nitrogen and oxygen atoms in total. The molecule has 0 radical (unpaired) electrons. The van der Waals surface area contributed by atoms with Crippen LogP contribution in [-0.4, -0.2) is 18.3 Å². The molecule has 0 saturated carbocycles. The molecule has 0 aromatic heterocycles. The van der Waals surface area contributed by atoms with Gasteiger partial charge in [0.2, 0.25) is 0 Å². The lowest BCUT2D eigenvalue weighted by molar-refractivity contribution is -0.0327. The minimum absolute atomic E-state index is 0.0261. The van der Waals surface area contributed by atoms with E-state index in [0.29, 0.717) is 6.61 Å². The van der Waals surface area contributed by atoms with Crippen molar-refractivity contribution >= 4 is 0 Å². The lowest BCUT2D eigenvalue weighted by Gasteiger charge is -2.20. The summed E-state index contributed by atoms with van der Waals surface area (Å²) in [5.41, 5.74) is 1.29. The van der Waals surface area contributed by atoms with Crippen molar-refractivity contribution in [3.63, 3.8) is 0 Å². The number of hydrogen-bond acceptors (Lipinski definition) is 2. The van der Waals surface area contributed by atoms with E-state index < -0.39 is 0 Å². The third-order valence-electron chi connectivity index (χ3n) is 3.33. The molecule has 1 saturated heterocycles. The molecule has 94 valence electrons. The molecule has 1 aromatic carbocycles. The third-order valence-corrected chi connectivity index (χ3v) is 3.33. The van der Waals surface area contributed by atoms with Crippen LogP contribution in [-0.2, 0) is 11.2 Å². The third kappa shape index (κ3) is 3.22. The van der Waals surface area contributed by atoms with Crippen LogP contribution in [0.3, 0.4) is 0 Å². The van der Waals surface area contributed by atoms with Crippen LogP contribution < -0.4 is 4.74 Å². The molecule has 1 aromatic rings. The van der Waals surface area contributed by atoms with E-state index in [1.165, 1.54) is 5.56 Å². The summed E-state index contributed by atoms with van der Waals surface area (Å²) in [4.78, 5) is 0. The number of ether oxygens (including phenoxy) is 2. The van der Waals surface area contributed by atoms with E-state index in [0.717, 1.165) is 25.0 Å². The molecule has 1 atom stereocenters. The highest BCUT2D eigenvalue weighted by molar-refractivity contribution is 5.33. The van der Waals surface area contributed by atoms with Crippen LogP contribution in [0.5, 0.6) is 5.75 Å². The predicted octanol–water partition coefficient (Wildman–Crippen LogP) is 3.59. The second-order valence-electron chi connectivity index (χ2n) is 5.31. The van der Waals surface area contributed by atoms with Gasteiger partial charge in [0.05, 0.1) is 11.7 Å². The van der Waals surface area contributed by atoms with E-state index in [9.17, 15) is 0 Å². The molecule has 1 unspecified atom stereocenters. The van der Waals surface area contributed by atoms with Crippen LogP contribution >= 0.6 is 0 Å². The van der Waals surface area contributed by atoms with Gasteiger partial charge in [-0.15, -0.1) is 0 Å². The van der Waals surface area contributed by atoms with Gasteiger partial charge in [-0.05, 0) is 44.7 Å². The Bertz CT molecular complexity index is 371. The highest BCUT2D eigenvalue weighted by atomic mass is 16.6. The first-order valence-corrected chi connectivity index (χ1v) is 6.49. The van der Waals surface area contributed by atoms with Crippen LogP contribution in [0.2, 0.25) is 0 Å². The number of aryl methyl sites for hydroxylation is 1. The second-order valence-corrected chi connectivity index (χ2v) is 5.31. The Balaban J connectivity index is 1.90. The average Bonchev–Trinajstić information content (AvgIpc) is 2.67. The fourth-order valence-corrected chi connectivity index (χ4v) is 2.31. The first-order valence-electron chi connectivity index (χ1n) is 6.49. The van der Waals surface area contributed by atoms with E-state index >= 15 is 0 Å². The Kier molecular flexibility index (Phi) is 3.72. The van der Waals surface area contributed by atoms with Crippen molar-refractivity contribution in [2.75, 3.05) is 6.61 Å². The first kappa shape index (κ1) is 12.4. The zero-order valence-electron chi connectivity index (χ0n) is 11.0. The van der Waals surface area contributed by atoms with Crippen molar-refractivity contribution in [1.82, 2.24) is 0 Å². The zero-order valence-corrected chi connectivity index (χ0v) is 11.0. The molecular formula is C15H22O2. The smallest absolute Gasteiger partial charge is 0.122 e. The normalized spacial score (nSPS) is 22.6. The van der Waals surface area contributed by atoms with Gasteiger partial charge in [-0.1, -0.05) is 25.1 Å². The molecule has 17 heavy (non-hydrogen) atoms. The van der Waals surface area contributed by atoms with Gasteiger partial charge in [0.15, 0.2) is 0 Å².